The van der Waals surface area contributed by atoms with Gasteiger partial charge >= 0.3 is 0 Å². The quantitative estimate of drug-likeness (QED) is 0.808. The van der Waals surface area contributed by atoms with Gasteiger partial charge in [-0.05, 0) is 74.1 Å². The summed E-state index contributed by atoms with van der Waals surface area (Å²) in [5.74, 6) is 5.05. The molecule has 0 unspecified atom stereocenters. The van der Waals surface area contributed by atoms with Crippen LogP contribution in [0.25, 0.3) is 0 Å². The van der Waals surface area contributed by atoms with Crippen LogP contribution < -0.4 is 10.2 Å². The first-order valence-corrected chi connectivity index (χ1v) is 8.20. The van der Waals surface area contributed by atoms with Gasteiger partial charge in [0.2, 0.25) is 0 Å². The molecule has 0 radical (unpaired) electrons. The number of benzene rings is 2. The number of amides is 1. The minimum atomic E-state index is -0.321. The summed E-state index contributed by atoms with van der Waals surface area (Å²) in [6.45, 7) is 3.51. The number of anilines is 3. The second kappa shape index (κ2) is 7.14. The lowest BCUT2D eigenvalue weighted by Crippen LogP contribution is -2.12. The maximum absolute atomic E-state index is 11.7. The molecule has 2 N–H and O–H groups in total. The number of rotatable bonds is 2. The highest BCUT2D eigenvalue weighted by Crippen LogP contribution is 2.35. The van der Waals surface area contributed by atoms with Crippen molar-refractivity contribution in [3.8, 4) is 17.6 Å². The van der Waals surface area contributed by atoms with Crippen molar-refractivity contribution >= 4 is 23.0 Å². The fraction of sp³-hybridized carbons (Fsp3) is 0.190. The number of nitrogens with one attached hydrogen (secondary N) is 1. The summed E-state index contributed by atoms with van der Waals surface area (Å²) < 4.78 is 0. The van der Waals surface area contributed by atoms with E-state index >= 15 is 0 Å². The van der Waals surface area contributed by atoms with Crippen molar-refractivity contribution in [3.63, 3.8) is 0 Å². The Labute approximate surface area is 147 Å². The smallest absolute Gasteiger partial charge is 0.300 e. The first kappa shape index (κ1) is 16.7. The Hall–Kier alpha value is -3.19. The Morgan fingerprint density at radius 3 is 2.84 bits per heavy atom. The van der Waals surface area contributed by atoms with E-state index in [4.69, 9.17) is 0 Å². The first-order valence-electron chi connectivity index (χ1n) is 8.20. The molecule has 25 heavy (non-hydrogen) atoms. The van der Waals surface area contributed by atoms with Crippen molar-refractivity contribution in [2.75, 3.05) is 10.2 Å². The standard InChI is InChI=1S/C21H20N2O2/c1-3-6-21(25)22-17-9-8-16-7-4-5-12-23(19(16)14-17)18-10-11-20(24)15(2)13-18/h5,8-14,24H,4,7H2,1-2H3,(H,22,25). The van der Waals surface area contributed by atoms with Gasteiger partial charge in [-0.1, -0.05) is 18.1 Å². The van der Waals surface area contributed by atoms with Crippen LogP contribution >= 0.6 is 0 Å². The third-order valence-corrected chi connectivity index (χ3v) is 4.13. The van der Waals surface area contributed by atoms with Gasteiger partial charge in [0.05, 0.1) is 5.69 Å². The lowest BCUT2D eigenvalue weighted by atomic mass is 10.1. The largest absolute Gasteiger partial charge is 0.508 e. The molecule has 3 rings (SSSR count). The first-order chi connectivity index (χ1) is 12.1. The zero-order valence-corrected chi connectivity index (χ0v) is 14.3. The van der Waals surface area contributed by atoms with Crippen LogP contribution in [-0.2, 0) is 11.2 Å². The highest BCUT2D eigenvalue weighted by Gasteiger charge is 2.15. The van der Waals surface area contributed by atoms with Crippen LogP contribution in [0.1, 0.15) is 24.5 Å². The zero-order valence-electron chi connectivity index (χ0n) is 14.3. The van der Waals surface area contributed by atoms with Crippen molar-refractivity contribution in [1.29, 1.82) is 0 Å². The lowest BCUT2D eigenvalue weighted by Gasteiger charge is -2.23. The number of carbonyl (C=O) groups excluding carboxylic acids is 1. The Bertz CT molecular complexity index is 904. The van der Waals surface area contributed by atoms with E-state index in [1.54, 1.807) is 13.0 Å². The molecule has 0 fully saturated rings. The monoisotopic (exact) mass is 332 g/mol. The summed E-state index contributed by atoms with van der Waals surface area (Å²) in [5.41, 5.74) is 4.71. The van der Waals surface area contributed by atoms with Gasteiger partial charge in [0.1, 0.15) is 5.75 Å². The van der Waals surface area contributed by atoms with Gasteiger partial charge in [-0.15, -0.1) is 0 Å². The molecule has 0 aliphatic carbocycles. The van der Waals surface area contributed by atoms with Gasteiger partial charge in [-0.25, -0.2) is 0 Å². The van der Waals surface area contributed by atoms with Crippen molar-refractivity contribution in [1.82, 2.24) is 0 Å². The average molecular weight is 332 g/mol. The molecule has 2 aromatic rings. The Morgan fingerprint density at radius 1 is 1.24 bits per heavy atom. The van der Waals surface area contributed by atoms with Crippen LogP contribution in [-0.4, -0.2) is 11.0 Å². The van der Waals surface area contributed by atoms with Crippen LogP contribution in [0.15, 0.2) is 48.7 Å². The van der Waals surface area contributed by atoms with E-state index in [9.17, 15) is 9.90 Å². The molecule has 1 amide bonds. The van der Waals surface area contributed by atoms with Crippen LogP contribution in [0, 0.1) is 18.8 Å². The van der Waals surface area contributed by atoms with Crippen molar-refractivity contribution in [2.45, 2.75) is 26.7 Å². The number of carbonyl (C=O) groups is 1. The third kappa shape index (κ3) is 3.67. The Kier molecular flexibility index (Phi) is 4.76. The summed E-state index contributed by atoms with van der Waals surface area (Å²) in [6, 6.07) is 11.4. The van der Waals surface area contributed by atoms with Gasteiger partial charge in [0.15, 0.2) is 0 Å². The summed E-state index contributed by atoms with van der Waals surface area (Å²) in [4.78, 5) is 13.8. The van der Waals surface area contributed by atoms with Crippen LogP contribution in [0.2, 0.25) is 0 Å². The molecule has 0 spiro atoms. The van der Waals surface area contributed by atoms with Crippen molar-refractivity contribution in [2.24, 2.45) is 0 Å². The van der Waals surface area contributed by atoms with E-state index in [0.717, 1.165) is 29.8 Å². The van der Waals surface area contributed by atoms with E-state index in [0.29, 0.717) is 5.69 Å². The summed E-state index contributed by atoms with van der Waals surface area (Å²) >= 11 is 0. The van der Waals surface area contributed by atoms with E-state index < -0.39 is 0 Å². The van der Waals surface area contributed by atoms with Crippen LogP contribution in [0.5, 0.6) is 5.75 Å². The molecule has 1 aliphatic rings. The fourth-order valence-electron chi connectivity index (χ4n) is 2.87. The molecule has 0 atom stereocenters. The Balaban J connectivity index is 2.02. The predicted octanol–water partition coefficient (Wildman–Crippen LogP) is 4.26. The second-order valence-electron chi connectivity index (χ2n) is 5.94. The molecule has 4 heteroatoms. The molecule has 1 heterocycles. The van der Waals surface area contributed by atoms with E-state index in [1.165, 1.54) is 5.56 Å². The number of nitrogens with zero attached hydrogens (tertiary/aromatic N) is 1. The summed E-state index contributed by atoms with van der Waals surface area (Å²) in [7, 11) is 0. The van der Waals surface area contributed by atoms with Gasteiger partial charge in [0.25, 0.3) is 5.91 Å². The SMILES string of the molecule is CC#CC(=O)Nc1ccc2c(c1)N(c1ccc(O)c(C)c1)C=CCC2. The average Bonchev–Trinajstić information content (AvgIpc) is 2.80. The molecular weight excluding hydrogens is 312 g/mol. The second-order valence-corrected chi connectivity index (χ2v) is 5.94. The minimum Gasteiger partial charge on any atom is -0.508 e. The van der Waals surface area contributed by atoms with Crippen molar-refractivity contribution in [3.05, 3.63) is 59.8 Å². The molecule has 0 saturated heterocycles. The van der Waals surface area contributed by atoms with E-state index in [-0.39, 0.29) is 11.7 Å². The zero-order chi connectivity index (χ0) is 17.8. The van der Waals surface area contributed by atoms with Crippen molar-refractivity contribution < 1.29 is 9.90 Å². The lowest BCUT2D eigenvalue weighted by molar-refractivity contribution is -0.111. The molecule has 126 valence electrons. The van der Waals surface area contributed by atoms with Gasteiger partial charge in [0, 0.05) is 17.6 Å². The topological polar surface area (TPSA) is 52.6 Å². The molecule has 0 aromatic heterocycles. The van der Waals surface area contributed by atoms with Gasteiger partial charge in [-0.3, -0.25) is 4.79 Å². The normalized spacial score (nSPS) is 12.6. The molecule has 1 aliphatic heterocycles. The Morgan fingerprint density at radius 2 is 2.08 bits per heavy atom. The van der Waals surface area contributed by atoms with Gasteiger partial charge < -0.3 is 15.3 Å². The minimum absolute atomic E-state index is 0.280. The summed E-state index contributed by atoms with van der Waals surface area (Å²) in [5, 5.41) is 12.6. The number of aryl methyl sites for hydroxylation is 2. The van der Waals surface area contributed by atoms with E-state index in [2.05, 4.69) is 28.1 Å². The number of phenolic OH excluding ortho intramolecular Hbond substituents is 1. The third-order valence-electron chi connectivity index (χ3n) is 4.13. The maximum atomic E-state index is 11.7. The molecule has 0 bridgehead atoms. The fourth-order valence-corrected chi connectivity index (χ4v) is 2.87. The van der Waals surface area contributed by atoms with Crippen LogP contribution in [0.3, 0.4) is 0 Å². The summed E-state index contributed by atoms with van der Waals surface area (Å²) in [6.07, 6.45) is 6.05. The number of hydrogen-bond acceptors (Lipinski definition) is 3. The molecule has 0 saturated carbocycles. The van der Waals surface area contributed by atoms with Crippen LogP contribution in [0.4, 0.5) is 17.1 Å². The van der Waals surface area contributed by atoms with E-state index in [1.807, 2.05) is 43.5 Å². The molecular formula is C21H20N2O2. The number of allylic oxidation sites excluding steroid dienone is 1. The number of hydrogen-bond donors (Lipinski definition) is 2. The maximum Gasteiger partial charge on any atom is 0.300 e. The molecule has 4 nitrogen and oxygen atoms in total. The highest BCUT2D eigenvalue weighted by molar-refractivity contribution is 6.04. The predicted molar refractivity (Wildman–Crippen MR) is 101 cm³/mol. The highest BCUT2D eigenvalue weighted by atomic mass is 16.3. The number of phenols is 1. The van der Waals surface area contributed by atoms with Gasteiger partial charge in [-0.2, -0.15) is 0 Å². The molecule has 2 aromatic carbocycles. The number of fused-ring (bicyclic) bond motifs is 1. The number of aromatic hydroxyl groups is 1.